The van der Waals surface area contributed by atoms with Crippen LogP contribution in [0.2, 0.25) is 0 Å². The van der Waals surface area contributed by atoms with Crippen LogP contribution in [-0.4, -0.2) is 17.6 Å². The van der Waals surface area contributed by atoms with Crippen LogP contribution < -0.4 is 11.3 Å². The molecule has 142 valence electrons. The van der Waals surface area contributed by atoms with Crippen molar-refractivity contribution in [2.45, 2.75) is 19.8 Å². The summed E-state index contributed by atoms with van der Waals surface area (Å²) in [4.78, 5) is 28.4. The zero-order valence-corrected chi connectivity index (χ0v) is 15.5. The number of aromatic amines is 1. The number of esters is 1. The minimum absolute atomic E-state index is 0.0172. The van der Waals surface area contributed by atoms with Crippen LogP contribution in [-0.2, 0) is 14.3 Å². The Kier molecular flexibility index (Phi) is 5.05. The van der Waals surface area contributed by atoms with Gasteiger partial charge in [0.15, 0.2) is 0 Å². The molecule has 0 aliphatic carbocycles. The number of hydrogen-bond acceptors (Lipinski definition) is 6. The summed E-state index contributed by atoms with van der Waals surface area (Å²) < 4.78 is 10.5. The second-order valence-electron chi connectivity index (χ2n) is 6.37. The fraction of sp³-hybridized carbons (Fsp3) is 0.190. The lowest BCUT2D eigenvalue weighted by atomic mass is 9.83. The van der Waals surface area contributed by atoms with Gasteiger partial charge in [0.05, 0.1) is 17.0 Å². The maximum absolute atomic E-state index is 12.9. The van der Waals surface area contributed by atoms with E-state index in [4.69, 9.17) is 15.2 Å². The van der Waals surface area contributed by atoms with Crippen molar-refractivity contribution in [2.75, 3.05) is 6.61 Å². The van der Waals surface area contributed by atoms with Crippen LogP contribution in [0.4, 0.5) is 0 Å². The van der Waals surface area contributed by atoms with E-state index >= 15 is 0 Å². The average molecular weight is 377 g/mol. The number of nitrogens with one attached hydrogen (secondary N) is 1. The molecule has 1 aromatic carbocycles. The standard InChI is InChI=1S/C21H19N3O4/c1-4-8-27-21(26)16-12(3)28-19(23)15(10-22)17(16)14-9-13-7-5-6-11(2)18(13)24-20(14)25/h4-7,9,17H,1,8,23H2,2-3H3,(H,24,25)/t17-/m1/s1. The van der Waals surface area contributed by atoms with Crippen LogP contribution in [0, 0.1) is 18.3 Å². The first-order valence-electron chi connectivity index (χ1n) is 8.58. The van der Waals surface area contributed by atoms with E-state index < -0.39 is 17.4 Å². The van der Waals surface area contributed by atoms with Gasteiger partial charge in [0.1, 0.15) is 24.0 Å². The number of aryl methyl sites for hydroxylation is 1. The SMILES string of the molecule is C=CCOC(=O)C1=C(C)OC(N)=C(C#N)[C@H]1c1cc2cccc(C)c2[nH]c1=O. The first-order chi connectivity index (χ1) is 13.4. The summed E-state index contributed by atoms with van der Waals surface area (Å²) in [5.41, 5.74) is 7.30. The topological polar surface area (TPSA) is 118 Å². The molecule has 0 fully saturated rings. The molecule has 1 aliphatic heterocycles. The number of nitrogens with zero attached hydrogens (tertiary/aromatic N) is 1. The molecule has 2 aromatic rings. The Bertz CT molecular complexity index is 1150. The highest BCUT2D eigenvalue weighted by Gasteiger charge is 2.37. The summed E-state index contributed by atoms with van der Waals surface area (Å²) in [5, 5.41) is 10.4. The minimum Gasteiger partial charge on any atom is -0.458 e. The van der Waals surface area contributed by atoms with Crippen molar-refractivity contribution < 1.29 is 14.3 Å². The van der Waals surface area contributed by atoms with Crippen LogP contribution >= 0.6 is 0 Å². The van der Waals surface area contributed by atoms with Gasteiger partial charge in [-0.25, -0.2) is 4.79 Å². The van der Waals surface area contributed by atoms with Gasteiger partial charge in [0, 0.05) is 5.56 Å². The molecule has 7 nitrogen and oxygen atoms in total. The van der Waals surface area contributed by atoms with Crippen molar-refractivity contribution in [3.63, 3.8) is 0 Å². The highest BCUT2D eigenvalue weighted by Crippen LogP contribution is 2.38. The Balaban J connectivity index is 2.26. The van der Waals surface area contributed by atoms with Crippen LogP contribution in [0.1, 0.15) is 24.0 Å². The highest BCUT2D eigenvalue weighted by molar-refractivity contribution is 5.93. The predicted octanol–water partition coefficient (Wildman–Crippen LogP) is 2.65. The van der Waals surface area contributed by atoms with E-state index in [2.05, 4.69) is 11.6 Å². The van der Waals surface area contributed by atoms with Crippen molar-refractivity contribution >= 4 is 16.9 Å². The molecule has 7 heteroatoms. The van der Waals surface area contributed by atoms with Crippen molar-refractivity contribution in [3.05, 3.63) is 81.2 Å². The molecule has 1 aliphatic rings. The summed E-state index contributed by atoms with van der Waals surface area (Å²) in [7, 11) is 0. The molecule has 0 saturated heterocycles. The Morgan fingerprint density at radius 1 is 1.46 bits per heavy atom. The van der Waals surface area contributed by atoms with E-state index in [0.717, 1.165) is 10.9 Å². The van der Waals surface area contributed by atoms with E-state index in [-0.39, 0.29) is 35.0 Å². The van der Waals surface area contributed by atoms with Gasteiger partial charge in [-0.2, -0.15) is 5.26 Å². The number of hydrogen-bond donors (Lipinski definition) is 2. The number of pyridine rings is 1. The quantitative estimate of drug-likeness (QED) is 0.625. The molecule has 0 radical (unpaired) electrons. The molecule has 0 amide bonds. The number of allylic oxidation sites excluding steroid dienone is 2. The fourth-order valence-corrected chi connectivity index (χ4v) is 3.28. The first kappa shape index (κ1) is 19.0. The molecule has 1 atom stereocenters. The van der Waals surface area contributed by atoms with Gasteiger partial charge in [0.2, 0.25) is 5.88 Å². The van der Waals surface area contributed by atoms with Crippen LogP contribution in [0.25, 0.3) is 10.9 Å². The van der Waals surface area contributed by atoms with Crippen LogP contribution in [0.15, 0.2) is 64.5 Å². The number of carbonyl (C=O) groups is 1. The summed E-state index contributed by atoms with van der Waals surface area (Å²) >= 11 is 0. The van der Waals surface area contributed by atoms with Gasteiger partial charge < -0.3 is 20.2 Å². The number of benzene rings is 1. The molecule has 0 spiro atoms. The molecule has 1 aromatic heterocycles. The van der Waals surface area contributed by atoms with Crippen LogP contribution in [0.3, 0.4) is 0 Å². The molecule has 3 rings (SSSR count). The van der Waals surface area contributed by atoms with Gasteiger partial charge in [0.25, 0.3) is 5.56 Å². The highest BCUT2D eigenvalue weighted by atomic mass is 16.5. The maximum atomic E-state index is 12.9. The lowest BCUT2D eigenvalue weighted by Crippen LogP contribution is -2.29. The monoisotopic (exact) mass is 377 g/mol. The molecule has 0 saturated carbocycles. The van der Waals surface area contributed by atoms with E-state index in [9.17, 15) is 14.9 Å². The van der Waals surface area contributed by atoms with E-state index in [0.29, 0.717) is 5.52 Å². The third-order valence-corrected chi connectivity index (χ3v) is 4.59. The molecule has 2 heterocycles. The number of ether oxygens (including phenoxy) is 2. The molecule has 28 heavy (non-hydrogen) atoms. The smallest absolute Gasteiger partial charge is 0.338 e. The maximum Gasteiger partial charge on any atom is 0.338 e. The summed E-state index contributed by atoms with van der Waals surface area (Å²) in [6, 6.07) is 9.21. The zero-order chi connectivity index (χ0) is 20.4. The van der Waals surface area contributed by atoms with E-state index in [1.807, 2.05) is 31.2 Å². The molecule has 3 N–H and O–H groups in total. The number of rotatable bonds is 4. The lowest BCUT2D eigenvalue weighted by Gasteiger charge is -2.26. The lowest BCUT2D eigenvalue weighted by molar-refractivity contribution is -0.138. The van der Waals surface area contributed by atoms with Crippen molar-refractivity contribution in [2.24, 2.45) is 5.73 Å². The minimum atomic E-state index is -0.996. The van der Waals surface area contributed by atoms with E-state index in [1.165, 1.54) is 13.0 Å². The largest absolute Gasteiger partial charge is 0.458 e. The van der Waals surface area contributed by atoms with Crippen molar-refractivity contribution in [1.82, 2.24) is 4.98 Å². The predicted molar refractivity (Wildman–Crippen MR) is 104 cm³/mol. The van der Waals surface area contributed by atoms with E-state index in [1.54, 1.807) is 6.07 Å². The number of carbonyl (C=O) groups excluding carboxylic acids is 1. The number of H-pyrrole nitrogens is 1. The third-order valence-electron chi connectivity index (χ3n) is 4.59. The Hall–Kier alpha value is -3.79. The Morgan fingerprint density at radius 2 is 2.21 bits per heavy atom. The summed E-state index contributed by atoms with van der Waals surface area (Å²) in [5.74, 6) is -1.66. The molecular formula is C21H19N3O4. The van der Waals surface area contributed by atoms with Gasteiger partial charge in [-0.1, -0.05) is 30.9 Å². The Morgan fingerprint density at radius 3 is 2.89 bits per heavy atom. The molecule has 0 bridgehead atoms. The summed E-state index contributed by atoms with van der Waals surface area (Å²) in [6.45, 7) is 6.92. The van der Waals surface area contributed by atoms with Crippen LogP contribution in [0.5, 0.6) is 0 Å². The number of fused-ring (bicyclic) bond motifs is 1. The average Bonchev–Trinajstić information content (AvgIpc) is 2.66. The van der Waals surface area contributed by atoms with Crippen molar-refractivity contribution in [3.8, 4) is 6.07 Å². The normalized spacial score (nSPS) is 16.5. The fourth-order valence-electron chi connectivity index (χ4n) is 3.28. The van der Waals surface area contributed by atoms with Gasteiger partial charge in [-0.05, 0) is 30.9 Å². The molecular weight excluding hydrogens is 358 g/mol. The number of aromatic nitrogens is 1. The van der Waals surface area contributed by atoms with Gasteiger partial charge in [-0.15, -0.1) is 0 Å². The van der Waals surface area contributed by atoms with Crippen molar-refractivity contribution in [1.29, 1.82) is 5.26 Å². The second kappa shape index (κ2) is 7.45. The second-order valence-corrected chi connectivity index (χ2v) is 6.37. The molecule has 0 unspecified atom stereocenters. The zero-order valence-electron chi connectivity index (χ0n) is 15.5. The van der Waals surface area contributed by atoms with Gasteiger partial charge in [-0.3, -0.25) is 4.79 Å². The number of nitriles is 1. The number of para-hydroxylation sites is 1. The Labute approximate surface area is 161 Å². The van der Waals surface area contributed by atoms with Gasteiger partial charge >= 0.3 is 5.97 Å². The first-order valence-corrected chi connectivity index (χ1v) is 8.58. The third kappa shape index (κ3) is 3.16. The number of nitrogens with two attached hydrogens (primary N) is 1. The summed E-state index contributed by atoms with van der Waals surface area (Å²) in [6.07, 6.45) is 1.42.